The van der Waals surface area contributed by atoms with E-state index in [1.165, 1.54) is 0 Å². The van der Waals surface area contributed by atoms with Gasteiger partial charge in [-0.1, -0.05) is 68.7 Å². The lowest BCUT2D eigenvalue weighted by molar-refractivity contribution is -0.542. The Morgan fingerprint density at radius 3 is 2.74 bits per heavy atom. The smallest absolute Gasteiger partial charge is 0.414 e. The monoisotopic (exact) mass is 426 g/mol. The van der Waals surface area contributed by atoms with E-state index in [9.17, 15) is 14.9 Å². The molecule has 1 heterocycles. The average molecular weight is 427 g/mol. The third-order valence-electron chi connectivity index (χ3n) is 6.62. The van der Waals surface area contributed by atoms with Gasteiger partial charge in [0.15, 0.2) is 0 Å². The molecule has 0 bridgehead atoms. The van der Waals surface area contributed by atoms with Crippen LogP contribution in [-0.4, -0.2) is 28.0 Å². The predicted molar refractivity (Wildman–Crippen MR) is 121 cm³/mol. The number of nitrogens with zero attached hydrogens (tertiary/aromatic N) is 2. The van der Waals surface area contributed by atoms with Crippen LogP contribution in [0.2, 0.25) is 0 Å². The third-order valence-corrected chi connectivity index (χ3v) is 6.62. The fourth-order valence-corrected chi connectivity index (χ4v) is 5.10. The molecular formula is C25H34N2O4. The number of carbonyl (C=O) groups excluding carboxylic acids is 1. The first kappa shape index (κ1) is 23.0. The lowest BCUT2D eigenvalue weighted by Gasteiger charge is -2.44. The van der Waals surface area contributed by atoms with E-state index in [2.05, 4.69) is 19.6 Å². The number of allylic oxidation sites excluding steroid dienone is 1. The van der Waals surface area contributed by atoms with Crippen molar-refractivity contribution in [3.63, 3.8) is 0 Å². The van der Waals surface area contributed by atoms with Crippen molar-refractivity contribution in [3.05, 3.63) is 70.4 Å². The summed E-state index contributed by atoms with van der Waals surface area (Å²) >= 11 is 0. The first-order valence-electron chi connectivity index (χ1n) is 11.5. The van der Waals surface area contributed by atoms with Gasteiger partial charge < -0.3 is 4.74 Å². The molecule has 2 aliphatic rings. The minimum Gasteiger partial charge on any atom is -0.444 e. The number of hydrogen-bond acceptors (Lipinski definition) is 4. The lowest BCUT2D eigenvalue weighted by atomic mass is 9.72. The van der Waals surface area contributed by atoms with E-state index < -0.39 is 12.1 Å². The van der Waals surface area contributed by atoms with Crippen LogP contribution in [0.4, 0.5) is 4.79 Å². The standard InChI is InChI=1S/C25H34N2O4/c1-3-5-7-13-20-14-17-23-22(24(20)27(29)30)16-15-21(10-4-2)26(23)25(28)31-18-19-11-8-6-9-12-19/h4,6,8-9,11-12,17,20-22,24H,2-3,5,7,10,13-16,18H2,1H3/t20-,21+,22+,24+/m0/s1. The van der Waals surface area contributed by atoms with E-state index in [0.717, 1.165) is 49.8 Å². The van der Waals surface area contributed by atoms with Crippen LogP contribution in [0.5, 0.6) is 0 Å². The van der Waals surface area contributed by atoms with Gasteiger partial charge in [0.25, 0.3) is 0 Å². The third kappa shape index (κ3) is 5.54. The zero-order valence-corrected chi connectivity index (χ0v) is 18.4. The van der Waals surface area contributed by atoms with Gasteiger partial charge in [0.2, 0.25) is 6.04 Å². The van der Waals surface area contributed by atoms with Crippen LogP contribution in [0.1, 0.15) is 63.9 Å². The van der Waals surface area contributed by atoms with Crippen molar-refractivity contribution in [3.8, 4) is 0 Å². The Hall–Kier alpha value is -2.63. The number of ether oxygens (including phenoxy) is 1. The molecule has 0 radical (unpaired) electrons. The Bertz CT molecular complexity index is 792. The highest BCUT2D eigenvalue weighted by Gasteiger charge is 2.49. The van der Waals surface area contributed by atoms with Crippen LogP contribution in [0, 0.1) is 22.0 Å². The largest absolute Gasteiger partial charge is 0.444 e. The van der Waals surface area contributed by atoms with Gasteiger partial charge in [0.05, 0.1) is 5.92 Å². The van der Waals surface area contributed by atoms with Crippen molar-refractivity contribution in [2.45, 2.75) is 77.0 Å². The van der Waals surface area contributed by atoms with Gasteiger partial charge in [0.1, 0.15) is 6.61 Å². The van der Waals surface area contributed by atoms with Gasteiger partial charge in [-0.25, -0.2) is 4.79 Å². The molecule has 168 valence electrons. The maximum atomic E-state index is 13.1. The molecule has 4 atom stereocenters. The molecule has 3 rings (SSSR count). The second-order valence-corrected chi connectivity index (χ2v) is 8.67. The molecule has 1 saturated heterocycles. The van der Waals surface area contributed by atoms with Crippen LogP contribution in [0.15, 0.2) is 54.8 Å². The molecule has 1 fully saturated rings. The SMILES string of the molecule is C=CC[C@@H]1CC[C@@H]2C(=CC[C@H](CCCCC)[C@H]2[N+](=O)[O-])N1C(=O)OCc1ccccc1. The number of likely N-dealkylation sites (tertiary alicyclic amines) is 1. The van der Waals surface area contributed by atoms with Gasteiger partial charge >= 0.3 is 6.09 Å². The second-order valence-electron chi connectivity index (χ2n) is 8.67. The van der Waals surface area contributed by atoms with Crippen LogP contribution < -0.4 is 0 Å². The molecule has 1 aliphatic heterocycles. The predicted octanol–water partition coefficient (Wildman–Crippen LogP) is 6.11. The van der Waals surface area contributed by atoms with Crippen LogP contribution >= 0.6 is 0 Å². The number of rotatable bonds is 9. The Labute approximate surface area is 185 Å². The summed E-state index contributed by atoms with van der Waals surface area (Å²) < 4.78 is 5.64. The Morgan fingerprint density at radius 1 is 1.29 bits per heavy atom. The molecule has 1 amide bonds. The quantitative estimate of drug-likeness (QED) is 0.207. The molecule has 0 N–H and O–H groups in total. The zero-order valence-electron chi connectivity index (χ0n) is 18.4. The van der Waals surface area contributed by atoms with Crippen molar-refractivity contribution in [1.29, 1.82) is 0 Å². The number of amides is 1. The van der Waals surface area contributed by atoms with Crippen LogP contribution in [0.3, 0.4) is 0 Å². The molecule has 1 aromatic rings. The highest BCUT2D eigenvalue weighted by Crippen LogP contribution is 2.43. The van der Waals surface area contributed by atoms with Crippen molar-refractivity contribution in [1.82, 2.24) is 4.90 Å². The maximum Gasteiger partial charge on any atom is 0.414 e. The van der Waals surface area contributed by atoms with Gasteiger partial charge in [-0.15, -0.1) is 6.58 Å². The second kappa shape index (κ2) is 11.1. The van der Waals surface area contributed by atoms with Crippen molar-refractivity contribution in [2.75, 3.05) is 0 Å². The molecule has 0 spiro atoms. The summed E-state index contributed by atoms with van der Waals surface area (Å²) in [6, 6.07) is 8.87. The highest BCUT2D eigenvalue weighted by molar-refractivity contribution is 5.71. The summed E-state index contributed by atoms with van der Waals surface area (Å²) in [6.45, 7) is 6.17. The molecular weight excluding hydrogens is 392 g/mol. The van der Waals surface area contributed by atoms with Crippen LogP contribution in [-0.2, 0) is 11.3 Å². The van der Waals surface area contributed by atoms with Crippen molar-refractivity contribution < 1.29 is 14.5 Å². The maximum absolute atomic E-state index is 13.1. The number of benzene rings is 1. The number of unbranched alkanes of at least 4 members (excludes halogenated alkanes) is 2. The van der Waals surface area contributed by atoms with E-state index >= 15 is 0 Å². The summed E-state index contributed by atoms with van der Waals surface area (Å²) in [5, 5.41) is 12.1. The van der Waals surface area contributed by atoms with Crippen molar-refractivity contribution in [2.24, 2.45) is 11.8 Å². The van der Waals surface area contributed by atoms with E-state index in [4.69, 9.17) is 4.74 Å². The fraction of sp³-hybridized carbons (Fsp3) is 0.560. The Kier molecular flexibility index (Phi) is 8.27. The first-order chi connectivity index (χ1) is 15.1. The number of piperidine rings is 1. The Morgan fingerprint density at radius 2 is 2.06 bits per heavy atom. The minimum absolute atomic E-state index is 0.0356. The summed E-state index contributed by atoms with van der Waals surface area (Å²) in [5.41, 5.74) is 1.70. The normalized spacial score (nSPS) is 25.3. The number of hydrogen-bond donors (Lipinski definition) is 0. The molecule has 1 aliphatic carbocycles. The number of fused-ring (bicyclic) bond motifs is 1. The lowest BCUT2D eigenvalue weighted by Crippen LogP contribution is -2.52. The minimum atomic E-state index is -0.633. The summed E-state index contributed by atoms with van der Waals surface area (Å²) in [4.78, 5) is 26.8. The van der Waals surface area contributed by atoms with Gasteiger partial charge in [-0.05, 0) is 37.7 Å². The molecule has 1 aromatic carbocycles. The van der Waals surface area contributed by atoms with Gasteiger partial charge in [-0.3, -0.25) is 15.0 Å². The molecule has 0 unspecified atom stereocenters. The van der Waals surface area contributed by atoms with Gasteiger partial charge in [0, 0.05) is 22.6 Å². The van der Waals surface area contributed by atoms with Crippen molar-refractivity contribution >= 4 is 6.09 Å². The van der Waals surface area contributed by atoms with Gasteiger partial charge in [-0.2, -0.15) is 0 Å². The average Bonchev–Trinajstić information content (AvgIpc) is 2.78. The van der Waals surface area contributed by atoms with E-state index in [1.807, 2.05) is 36.4 Å². The summed E-state index contributed by atoms with van der Waals surface area (Å²) in [7, 11) is 0. The Balaban J connectivity index is 1.81. The molecule has 31 heavy (non-hydrogen) atoms. The van der Waals surface area contributed by atoms with Crippen LogP contribution in [0.25, 0.3) is 0 Å². The molecule has 6 heteroatoms. The van der Waals surface area contributed by atoms with E-state index in [-0.39, 0.29) is 29.4 Å². The molecule has 0 saturated carbocycles. The molecule has 6 nitrogen and oxygen atoms in total. The zero-order chi connectivity index (χ0) is 22.2. The topological polar surface area (TPSA) is 72.7 Å². The number of carbonyl (C=O) groups is 1. The number of nitro groups is 1. The summed E-state index contributed by atoms with van der Waals surface area (Å²) in [6.07, 6.45) is 10.3. The highest BCUT2D eigenvalue weighted by atomic mass is 16.6. The van der Waals surface area contributed by atoms with E-state index in [1.54, 1.807) is 4.90 Å². The first-order valence-corrected chi connectivity index (χ1v) is 11.5. The van der Waals surface area contributed by atoms with E-state index in [0.29, 0.717) is 12.8 Å². The fourth-order valence-electron chi connectivity index (χ4n) is 5.10. The molecule has 0 aromatic heterocycles. The summed E-state index contributed by atoms with van der Waals surface area (Å²) in [5.74, 6) is -0.200.